The van der Waals surface area contributed by atoms with Crippen LogP contribution >= 0.6 is 0 Å². The van der Waals surface area contributed by atoms with Gasteiger partial charge in [-0.05, 0) is 30.0 Å². The predicted molar refractivity (Wildman–Crippen MR) is 150 cm³/mol. The fraction of sp³-hybridized carbons (Fsp3) is 0.367. The number of morpholine rings is 1. The number of amides is 1. The molecular formula is C30H33N5O5. The number of aryl methyl sites for hydroxylation is 2. The zero-order chi connectivity index (χ0) is 28.1. The number of hydrogen-bond donors (Lipinski definition) is 1. The van der Waals surface area contributed by atoms with E-state index in [0.29, 0.717) is 56.4 Å². The molecule has 1 N–H and O–H groups in total. The maximum atomic E-state index is 13.8. The molecule has 0 aliphatic carbocycles. The third-order valence-corrected chi connectivity index (χ3v) is 7.22. The third-order valence-electron chi connectivity index (χ3n) is 7.22. The van der Waals surface area contributed by atoms with Crippen molar-refractivity contribution in [3.63, 3.8) is 0 Å². The van der Waals surface area contributed by atoms with Gasteiger partial charge in [0, 0.05) is 36.3 Å². The van der Waals surface area contributed by atoms with Gasteiger partial charge in [0.05, 0.1) is 26.2 Å². The average molecular weight is 544 g/mol. The minimum absolute atomic E-state index is 0.0333. The molecule has 40 heavy (non-hydrogen) atoms. The number of rotatable bonds is 9. The minimum atomic E-state index is -0.609. The van der Waals surface area contributed by atoms with Crippen molar-refractivity contribution in [3.05, 3.63) is 92.1 Å². The first-order valence-corrected chi connectivity index (χ1v) is 13.6. The van der Waals surface area contributed by atoms with Crippen LogP contribution in [0.5, 0.6) is 0 Å². The lowest BCUT2D eigenvalue weighted by Gasteiger charge is -2.27. The molecule has 10 heteroatoms. The van der Waals surface area contributed by atoms with Crippen LogP contribution in [0, 0.1) is 6.92 Å². The summed E-state index contributed by atoms with van der Waals surface area (Å²) < 4.78 is 11.8. The summed E-state index contributed by atoms with van der Waals surface area (Å²) in [5.74, 6) is 0.412. The lowest BCUT2D eigenvalue weighted by atomic mass is 9.98. The Morgan fingerprint density at radius 2 is 1.75 bits per heavy atom. The highest BCUT2D eigenvalue weighted by Gasteiger charge is 2.22. The van der Waals surface area contributed by atoms with Crippen molar-refractivity contribution in [1.82, 2.24) is 24.6 Å². The number of nitrogens with one attached hydrogen (secondary N) is 1. The van der Waals surface area contributed by atoms with Crippen molar-refractivity contribution in [3.8, 4) is 22.5 Å². The average Bonchev–Trinajstić information content (AvgIpc) is 3.42. The molecule has 1 amide bonds. The first-order chi connectivity index (χ1) is 19.4. The zero-order valence-electron chi connectivity index (χ0n) is 22.8. The van der Waals surface area contributed by atoms with E-state index >= 15 is 0 Å². The van der Waals surface area contributed by atoms with Crippen molar-refractivity contribution in [2.24, 2.45) is 0 Å². The number of nitrogens with zero attached hydrogens (tertiary/aromatic N) is 4. The van der Waals surface area contributed by atoms with E-state index < -0.39 is 5.76 Å². The van der Waals surface area contributed by atoms with Gasteiger partial charge in [-0.2, -0.15) is 0 Å². The first-order valence-electron chi connectivity index (χ1n) is 13.6. The van der Waals surface area contributed by atoms with Crippen molar-refractivity contribution >= 4 is 5.91 Å². The van der Waals surface area contributed by atoms with Crippen LogP contribution in [0.3, 0.4) is 0 Å². The second-order valence-corrected chi connectivity index (χ2v) is 9.94. The Bertz CT molecular complexity index is 1600. The molecule has 0 radical (unpaired) electrons. The molecule has 0 spiro atoms. The van der Waals surface area contributed by atoms with Gasteiger partial charge in [0.2, 0.25) is 5.91 Å². The summed E-state index contributed by atoms with van der Waals surface area (Å²) in [5.41, 5.74) is 4.41. The SMILES string of the molecule is CCCCc1nc(C)c(CC(=O)N2CCOCC2)c(=O)n1Cc1ccc(-c2ccccc2-c2noc(=O)[nH]2)cc1. The Balaban J connectivity index is 1.44. The second-order valence-electron chi connectivity index (χ2n) is 9.94. The largest absolute Gasteiger partial charge is 0.439 e. The molecule has 10 nitrogen and oxygen atoms in total. The van der Waals surface area contributed by atoms with Crippen molar-refractivity contribution in [2.75, 3.05) is 26.3 Å². The molecule has 1 fully saturated rings. The molecule has 0 atom stereocenters. The molecule has 208 valence electrons. The van der Waals surface area contributed by atoms with E-state index in [-0.39, 0.29) is 17.9 Å². The molecule has 1 saturated heterocycles. The molecule has 0 bridgehead atoms. The monoisotopic (exact) mass is 543 g/mol. The van der Waals surface area contributed by atoms with Crippen molar-refractivity contribution in [1.29, 1.82) is 0 Å². The number of benzene rings is 2. The van der Waals surface area contributed by atoms with Gasteiger partial charge in [0.1, 0.15) is 5.82 Å². The Morgan fingerprint density at radius 3 is 2.42 bits per heavy atom. The van der Waals surface area contributed by atoms with Crippen molar-refractivity contribution in [2.45, 2.75) is 46.1 Å². The van der Waals surface area contributed by atoms with Gasteiger partial charge in [-0.15, -0.1) is 0 Å². The summed E-state index contributed by atoms with van der Waals surface area (Å²) in [4.78, 5) is 47.4. The summed E-state index contributed by atoms with van der Waals surface area (Å²) in [6, 6.07) is 15.5. The summed E-state index contributed by atoms with van der Waals surface area (Å²) in [7, 11) is 0. The standard InChI is InChI=1S/C30H33N5O5/c1-3-4-9-26-31-20(2)25(18-27(36)34-14-16-39-17-15-34)29(37)35(26)19-21-10-12-22(13-11-21)23-7-5-6-8-24(23)28-32-30(38)40-33-28/h5-8,10-13H,3-4,9,14-19H2,1-2H3,(H,32,33,38). The summed E-state index contributed by atoms with van der Waals surface area (Å²) in [6.45, 7) is 6.38. The van der Waals surface area contributed by atoms with Crippen LogP contribution in [0.2, 0.25) is 0 Å². The van der Waals surface area contributed by atoms with E-state index in [2.05, 4.69) is 17.1 Å². The second kappa shape index (κ2) is 12.3. The van der Waals surface area contributed by atoms with Gasteiger partial charge in [-0.25, -0.2) is 9.78 Å². The van der Waals surface area contributed by atoms with E-state index in [9.17, 15) is 14.4 Å². The molecule has 0 saturated carbocycles. The van der Waals surface area contributed by atoms with Crippen LogP contribution in [-0.4, -0.2) is 56.8 Å². The molecule has 4 aromatic rings. The fourth-order valence-corrected chi connectivity index (χ4v) is 4.98. The normalized spacial score (nSPS) is 13.5. The molecule has 5 rings (SSSR count). The molecule has 1 aliphatic rings. The highest BCUT2D eigenvalue weighted by Crippen LogP contribution is 2.30. The van der Waals surface area contributed by atoms with Crippen LogP contribution in [-0.2, 0) is 28.9 Å². The lowest BCUT2D eigenvalue weighted by Crippen LogP contribution is -2.42. The van der Waals surface area contributed by atoms with Crippen LogP contribution in [0.25, 0.3) is 22.5 Å². The van der Waals surface area contributed by atoms with Crippen LogP contribution in [0.4, 0.5) is 0 Å². The number of carbonyl (C=O) groups excluding carboxylic acids is 1. The third kappa shape index (κ3) is 5.96. The lowest BCUT2D eigenvalue weighted by molar-refractivity contribution is -0.134. The van der Waals surface area contributed by atoms with Gasteiger partial charge in [0.15, 0.2) is 5.82 Å². The number of aromatic amines is 1. The summed E-state index contributed by atoms with van der Waals surface area (Å²) in [5, 5.41) is 3.83. The minimum Gasteiger partial charge on any atom is -0.378 e. The number of hydrogen-bond acceptors (Lipinski definition) is 7. The quantitative estimate of drug-likeness (QED) is 0.343. The number of aromatic nitrogens is 4. The van der Waals surface area contributed by atoms with Gasteiger partial charge in [-0.3, -0.25) is 23.7 Å². The number of H-pyrrole nitrogens is 1. The molecule has 1 aliphatic heterocycles. The molecule has 0 unspecified atom stereocenters. The van der Waals surface area contributed by atoms with Gasteiger partial charge >= 0.3 is 5.76 Å². The van der Waals surface area contributed by atoms with Crippen LogP contribution < -0.4 is 11.3 Å². The Kier molecular flexibility index (Phi) is 8.35. The van der Waals surface area contributed by atoms with Gasteiger partial charge in [0.25, 0.3) is 5.56 Å². The van der Waals surface area contributed by atoms with E-state index in [4.69, 9.17) is 14.2 Å². The molecule has 3 heterocycles. The van der Waals surface area contributed by atoms with E-state index in [1.54, 1.807) is 9.47 Å². The van der Waals surface area contributed by atoms with Crippen LogP contribution in [0.1, 0.15) is 42.4 Å². The predicted octanol–water partition coefficient (Wildman–Crippen LogP) is 3.35. The number of unbranched alkanes of at least 4 members (excludes halogenated alkanes) is 1. The first kappa shape index (κ1) is 27.3. The zero-order valence-corrected chi connectivity index (χ0v) is 22.8. The van der Waals surface area contributed by atoms with Gasteiger partial charge < -0.3 is 9.64 Å². The topological polar surface area (TPSA) is 123 Å². The van der Waals surface area contributed by atoms with Gasteiger partial charge in [-0.1, -0.05) is 67.0 Å². The highest BCUT2D eigenvalue weighted by molar-refractivity contribution is 5.80. The Morgan fingerprint density at radius 1 is 1.02 bits per heavy atom. The Hall–Kier alpha value is -4.31. The molecule has 2 aromatic carbocycles. The summed E-state index contributed by atoms with van der Waals surface area (Å²) >= 11 is 0. The number of carbonyl (C=O) groups is 1. The highest BCUT2D eigenvalue weighted by atomic mass is 16.5. The number of ether oxygens (including phenoxy) is 1. The van der Waals surface area contributed by atoms with E-state index in [1.807, 2.05) is 55.5 Å². The Labute approximate surface area is 231 Å². The smallest absolute Gasteiger partial charge is 0.378 e. The maximum absolute atomic E-state index is 13.8. The van der Waals surface area contributed by atoms with Crippen LogP contribution in [0.15, 0.2) is 62.6 Å². The fourth-order valence-electron chi connectivity index (χ4n) is 4.98. The summed E-state index contributed by atoms with van der Waals surface area (Å²) in [6.07, 6.45) is 2.62. The van der Waals surface area contributed by atoms with Crippen molar-refractivity contribution < 1.29 is 14.1 Å². The van der Waals surface area contributed by atoms with E-state index in [1.165, 1.54) is 0 Å². The maximum Gasteiger partial charge on any atom is 0.439 e. The molecule has 2 aromatic heterocycles. The van der Waals surface area contributed by atoms with E-state index in [0.717, 1.165) is 40.9 Å². The molecular weight excluding hydrogens is 510 g/mol.